The van der Waals surface area contributed by atoms with Gasteiger partial charge in [-0.1, -0.05) is 0 Å². The zero-order chi connectivity index (χ0) is 11.5. The Bertz CT molecular complexity index is 501. The molecule has 0 N–H and O–H groups in total. The summed E-state index contributed by atoms with van der Waals surface area (Å²) in [5, 5.41) is 0. The predicted octanol–water partition coefficient (Wildman–Crippen LogP) is 0.740. The van der Waals surface area contributed by atoms with Crippen LogP contribution in [-0.4, -0.2) is 0 Å². The molecule has 0 aliphatic rings. The number of hydrogen-bond donors (Lipinski definition) is 0. The first-order valence-electron chi connectivity index (χ1n) is 5.44. The van der Waals surface area contributed by atoms with Gasteiger partial charge in [-0.2, -0.15) is 0 Å². The van der Waals surface area contributed by atoms with Crippen molar-refractivity contribution in [1.29, 1.82) is 0 Å². The van der Waals surface area contributed by atoms with E-state index in [-0.39, 0.29) is 21.2 Å². The third kappa shape index (κ3) is 2.85. The Labute approximate surface area is 108 Å². The molecule has 0 saturated heterocycles. The van der Waals surface area contributed by atoms with Crippen LogP contribution < -0.4 is 21.2 Å². The van der Waals surface area contributed by atoms with Crippen LogP contribution in [0.5, 0.6) is 0 Å². The Balaban J connectivity index is 2.24. The van der Waals surface area contributed by atoms with Gasteiger partial charge in [0.25, 0.3) is 0 Å². The Kier molecular flexibility index (Phi) is 3.64. The molecule has 0 bridgehead atoms. The molecule has 0 aliphatic carbocycles. The van der Waals surface area contributed by atoms with E-state index in [1.165, 1.54) is 23.8 Å². The van der Waals surface area contributed by atoms with E-state index in [9.17, 15) is 0 Å². The first kappa shape index (κ1) is 11.6. The molecule has 0 atom stereocenters. The van der Waals surface area contributed by atoms with Gasteiger partial charge in [0.15, 0.2) is 0 Å². The van der Waals surface area contributed by atoms with E-state index in [1.54, 1.807) is 0 Å². The third-order valence-corrected chi connectivity index (χ3v) is 5.25. The molecule has 0 fully saturated rings. The van der Waals surface area contributed by atoms with E-state index < -0.39 is 0 Å². The number of hydrogen-bond acceptors (Lipinski definition) is 0. The van der Waals surface area contributed by atoms with E-state index in [0.29, 0.717) is 0 Å². The SMILES string of the molecule is Cc1cccc([I-]c2ccc(C)c(C)c2)c1. The van der Waals surface area contributed by atoms with Crippen LogP contribution in [0.1, 0.15) is 16.7 Å². The van der Waals surface area contributed by atoms with Crippen molar-refractivity contribution in [2.45, 2.75) is 20.8 Å². The number of aryl methyl sites for hydroxylation is 3. The first-order chi connectivity index (χ1) is 7.65. The molecule has 0 unspecified atom stereocenters. The monoisotopic (exact) mass is 323 g/mol. The summed E-state index contributed by atoms with van der Waals surface area (Å²) in [6, 6.07) is 15.7. The zero-order valence-corrected chi connectivity index (χ0v) is 12.1. The maximum absolute atomic E-state index is 2.34. The molecule has 0 nitrogen and oxygen atoms in total. The van der Waals surface area contributed by atoms with Crippen LogP contribution in [0.25, 0.3) is 0 Å². The second-order valence-corrected chi connectivity index (χ2v) is 7.15. The van der Waals surface area contributed by atoms with Crippen molar-refractivity contribution in [3.05, 3.63) is 66.3 Å². The molecule has 0 aromatic heterocycles. The van der Waals surface area contributed by atoms with E-state index >= 15 is 0 Å². The van der Waals surface area contributed by atoms with Crippen molar-refractivity contribution in [2.75, 3.05) is 0 Å². The summed E-state index contributed by atoms with van der Waals surface area (Å²) in [6.45, 7) is 6.52. The van der Waals surface area contributed by atoms with Gasteiger partial charge in [-0.3, -0.25) is 0 Å². The van der Waals surface area contributed by atoms with Crippen molar-refractivity contribution in [3.63, 3.8) is 0 Å². The molecule has 16 heavy (non-hydrogen) atoms. The van der Waals surface area contributed by atoms with Gasteiger partial charge in [0, 0.05) is 0 Å². The molecule has 1 heteroatoms. The third-order valence-electron chi connectivity index (χ3n) is 2.67. The van der Waals surface area contributed by atoms with Crippen molar-refractivity contribution in [2.24, 2.45) is 0 Å². The van der Waals surface area contributed by atoms with E-state index in [1.807, 2.05) is 0 Å². The number of halogens is 1. The normalized spacial score (nSPS) is 10.7. The summed E-state index contributed by atoms with van der Waals surface area (Å²) >= 11 is -0.0176. The fraction of sp³-hybridized carbons (Fsp3) is 0.200. The molecule has 0 spiro atoms. The van der Waals surface area contributed by atoms with Crippen LogP contribution in [0.15, 0.2) is 42.5 Å². The van der Waals surface area contributed by atoms with Crippen LogP contribution in [0.2, 0.25) is 0 Å². The quantitative estimate of drug-likeness (QED) is 0.715. The van der Waals surface area contributed by atoms with Crippen LogP contribution in [0.3, 0.4) is 0 Å². The summed E-state index contributed by atoms with van der Waals surface area (Å²) < 4.78 is 3.01. The summed E-state index contributed by atoms with van der Waals surface area (Å²) in [5.74, 6) is 0. The van der Waals surface area contributed by atoms with Gasteiger partial charge in [-0.25, -0.2) is 0 Å². The van der Waals surface area contributed by atoms with Gasteiger partial charge in [0.05, 0.1) is 0 Å². The summed E-state index contributed by atoms with van der Waals surface area (Å²) in [6.07, 6.45) is 0. The molecular weight excluding hydrogens is 307 g/mol. The van der Waals surface area contributed by atoms with E-state index in [4.69, 9.17) is 0 Å². The minimum absolute atomic E-state index is 0.0176. The molecule has 0 radical (unpaired) electrons. The van der Waals surface area contributed by atoms with Gasteiger partial charge >= 0.3 is 108 Å². The fourth-order valence-electron chi connectivity index (χ4n) is 1.55. The molecule has 0 amide bonds. The fourth-order valence-corrected chi connectivity index (χ4v) is 4.29. The maximum atomic E-state index is 2.34. The van der Waals surface area contributed by atoms with Gasteiger partial charge in [0.2, 0.25) is 0 Å². The predicted molar refractivity (Wildman–Crippen MR) is 64.5 cm³/mol. The molecule has 2 aromatic carbocycles. The topological polar surface area (TPSA) is 0 Å². The Morgan fingerprint density at radius 3 is 2.19 bits per heavy atom. The Hall–Kier alpha value is -0.830. The summed E-state index contributed by atoms with van der Waals surface area (Å²) in [7, 11) is 0. The van der Waals surface area contributed by atoms with Gasteiger partial charge in [-0.15, -0.1) is 0 Å². The summed E-state index contributed by atoms with van der Waals surface area (Å²) in [4.78, 5) is 0. The van der Waals surface area contributed by atoms with Crippen LogP contribution in [0, 0.1) is 27.9 Å². The molecule has 0 heterocycles. The van der Waals surface area contributed by atoms with Crippen LogP contribution >= 0.6 is 0 Å². The standard InChI is InChI=1S/C15H16I/c1-11-5-4-6-14(9-11)16-15-8-7-12(2)13(3)10-15/h4-10H,1-3H3/q-1. The Morgan fingerprint density at radius 2 is 1.50 bits per heavy atom. The average Bonchev–Trinajstić information content (AvgIpc) is 2.24. The van der Waals surface area contributed by atoms with Gasteiger partial charge in [-0.05, 0) is 0 Å². The van der Waals surface area contributed by atoms with Gasteiger partial charge < -0.3 is 0 Å². The van der Waals surface area contributed by atoms with Crippen molar-refractivity contribution < 1.29 is 21.2 Å². The Morgan fingerprint density at radius 1 is 0.750 bits per heavy atom. The van der Waals surface area contributed by atoms with E-state index in [0.717, 1.165) is 0 Å². The molecule has 84 valence electrons. The average molecular weight is 323 g/mol. The molecule has 2 aromatic rings. The summed E-state index contributed by atoms with van der Waals surface area (Å²) in [5.41, 5.74) is 4.16. The van der Waals surface area contributed by atoms with Crippen molar-refractivity contribution in [1.82, 2.24) is 0 Å². The van der Waals surface area contributed by atoms with Crippen molar-refractivity contribution >= 4 is 0 Å². The second-order valence-electron chi connectivity index (χ2n) is 4.12. The minimum atomic E-state index is -0.0176. The second kappa shape index (κ2) is 5.00. The van der Waals surface area contributed by atoms with Crippen molar-refractivity contribution in [3.8, 4) is 0 Å². The zero-order valence-electron chi connectivity index (χ0n) is 9.92. The molecular formula is C15H16I-. The van der Waals surface area contributed by atoms with Crippen LogP contribution in [-0.2, 0) is 0 Å². The molecule has 0 saturated carbocycles. The number of rotatable bonds is 2. The van der Waals surface area contributed by atoms with Gasteiger partial charge in [0.1, 0.15) is 0 Å². The number of benzene rings is 2. The molecule has 0 aliphatic heterocycles. The molecule has 2 rings (SSSR count). The van der Waals surface area contributed by atoms with E-state index in [2.05, 4.69) is 63.2 Å². The van der Waals surface area contributed by atoms with Crippen LogP contribution in [0.4, 0.5) is 0 Å². The first-order valence-corrected chi connectivity index (χ1v) is 7.59.